The third-order valence-corrected chi connectivity index (χ3v) is 3.13. The smallest absolute Gasteiger partial charge is 0.360 e. The summed E-state index contributed by atoms with van der Waals surface area (Å²) in [6.07, 6.45) is -5.96. The molecule has 0 unspecified atom stereocenters. The molecule has 0 saturated carbocycles. The molecule has 0 aromatic heterocycles. The van der Waals surface area contributed by atoms with Gasteiger partial charge in [0.2, 0.25) is 0 Å². The Morgan fingerprint density at radius 2 is 1.71 bits per heavy atom. The average Bonchev–Trinajstić information content (AvgIpc) is 2.10. The van der Waals surface area contributed by atoms with Gasteiger partial charge in [0.15, 0.2) is 6.10 Å². The van der Waals surface area contributed by atoms with E-state index < -0.39 is 34.1 Å². The molecule has 0 saturated heterocycles. The van der Waals surface area contributed by atoms with E-state index in [-0.39, 0.29) is 0 Å². The van der Waals surface area contributed by atoms with Gasteiger partial charge in [0, 0.05) is 6.21 Å². The highest BCUT2D eigenvalue weighted by Gasteiger charge is 2.37. The van der Waals surface area contributed by atoms with Crippen molar-refractivity contribution in [1.82, 2.24) is 0 Å². The molecule has 0 aliphatic carbocycles. The van der Waals surface area contributed by atoms with E-state index in [9.17, 15) is 17.4 Å². The number of hydrogen-bond donors (Lipinski definition) is 0. The van der Waals surface area contributed by atoms with E-state index in [2.05, 4.69) is 9.13 Å². The Bertz CT molecular complexity index is 297. The minimum Gasteiger partial charge on any atom is -0.360 e. The highest BCUT2D eigenvalue weighted by atomic mass is 32.2. The van der Waals surface area contributed by atoms with Crippen LogP contribution in [0.3, 0.4) is 0 Å². The van der Waals surface area contributed by atoms with Gasteiger partial charge in [-0.05, 0) is 34.6 Å². The van der Waals surface area contributed by atoms with Crippen LogP contribution in [0.15, 0.2) is 4.40 Å². The molecule has 0 aromatic carbocycles. The minimum absolute atomic E-state index is 0.536. The first-order valence-electron chi connectivity index (χ1n) is 5.13. The van der Waals surface area contributed by atoms with Crippen LogP contribution in [0.5, 0.6) is 0 Å². The lowest BCUT2D eigenvalue weighted by Crippen LogP contribution is -2.32. The summed E-state index contributed by atoms with van der Waals surface area (Å²) in [4.78, 5) is 0. The van der Waals surface area contributed by atoms with E-state index in [1.54, 1.807) is 20.8 Å². The van der Waals surface area contributed by atoms with E-state index in [4.69, 9.17) is 0 Å². The number of halogens is 3. The molecule has 0 aliphatic heterocycles. The summed E-state index contributed by atoms with van der Waals surface area (Å²) in [6.45, 7) is 7.52. The average molecular weight is 273 g/mol. The molecule has 7 heteroatoms. The Morgan fingerprint density at radius 1 is 1.24 bits per heavy atom. The number of nitrogens with zero attached hydrogens (tertiary/aromatic N) is 1. The molecule has 0 N–H and O–H groups in total. The topological polar surface area (TPSA) is 38.7 Å². The molecule has 102 valence electrons. The van der Waals surface area contributed by atoms with Crippen molar-refractivity contribution in [2.24, 2.45) is 4.40 Å². The van der Waals surface area contributed by atoms with Gasteiger partial charge in [-0.2, -0.15) is 17.6 Å². The summed E-state index contributed by atoms with van der Waals surface area (Å²) in [5, 5.41) is 0. The lowest BCUT2D eigenvalue weighted by molar-refractivity contribution is -0.218. The van der Waals surface area contributed by atoms with Gasteiger partial charge in [-0.1, -0.05) is 0 Å². The molecular formula is C10H18F3NO2S. The molecule has 0 fully saturated rings. The maximum absolute atomic E-state index is 12.2. The number of alkyl halides is 3. The fourth-order valence-corrected chi connectivity index (χ4v) is 1.33. The molecule has 0 radical (unpaired) electrons. The van der Waals surface area contributed by atoms with Crippen molar-refractivity contribution in [3.63, 3.8) is 0 Å². The van der Waals surface area contributed by atoms with Crippen LogP contribution in [0.4, 0.5) is 13.2 Å². The van der Waals surface area contributed by atoms with Gasteiger partial charge in [0.05, 0.1) is 10.9 Å². The van der Waals surface area contributed by atoms with Crippen LogP contribution in [-0.2, 0) is 15.7 Å². The second-order valence-corrected chi connectivity index (χ2v) is 6.57. The third-order valence-electron chi connectivity index (χ3n) is 1.77. The zero-order valence-electron chi connectivity index (χ0n) is 10.5. The summed E-state index contributed by atoms with van der Waals surface area (Å²) >= 11 is 0. The van der Waals surface area contributed by atoms with Gasteiger partial charge in [-0.25, -0.2) is 4.21 Å². The SMILES string of the molecule is C[C@H](/C=N/[S@](=O)C(C)(C)C)O[C@@H](C)C(F)(F)F. The molecule has 3 nitrogen and oxygen atoms in total. The zero-order chi connectivity index (χ0) is 13.9. The van der Waals surface area contributed by atoms with Crippen molar-refractivity contribution in [3.05, 3.63) is 0 Å². The fraction of sp³-hybridized carbons (Fsp3) is 0.900. The quantitative estimate of drug-likeness (QED) is 0.739. The van der Waals surface area contributed by atoms with Crippen molar-refractivity contribution < 1.29 is 22.1 Å². The van der Waals surface area contributed by atoms with Crippen LogP contribution < -0.4 is 0 Å². The van der Waals surface area contributed by atoms with E-state index in [0.717, 1.165) is 13.1 Å². The Morgan fingerprint density at radius 3 is 2.06 bits per heavy atom. The van der Waals surface area contributed by atoms with Crippen molar-refractivity contribution in [1.29, 1.82) is 0 Å². The maximum Gasteiger partial charge on any atom is 0.414 e. The molecule has 0 rings (SSSR count). The highest BCUT2D eigenvalue weighted by Crippen LogP contribution is 2.23. The minimum atomic E-state index is -4.40. The monoisotopic (exact) mass is 273 g/mol. The van der Waals surface area contributed by atoms with Gasteiger partial charge in [0.25, 0.3) is 0 Å². The first-order chi connectivity index (χ1) is 7.44. The van der Waals surface area contributed by atoms with Gasteiger partial charge in [-0.15, -0.1) is 0 Å². The third kappa shape index (κ3) is 6.78. The summed E-state index contributed by atoms with van der Waals surface area (Å²) in [5.74, 6) is 0. The van der Waals surface area contributed by atoms with Crippen molar-refractivity contribution in [2.75, 3.05) is 0 Å². The van der Waals surface area contributed by atoms with Crippen molar-refractivity contribution in [3.8, 4) is 0 Å². The second-order valence-electron chi connectivity index (χ2n) is 4.64. The van der Waals surface area contributed by atoms with Crippen molar-refractivity contribution >= 4 is 17.2 Å². The predicted octanol–water partition coefficient (Wildman–Crippen LogP) is 2.88. The Hall–Kier alpha value is -0.430. The highest BCUT2D eigenvalue weighted by molar-refractivity contribution is 7.85. The van der Waals surface area contributed by atoms with E-state index >= 15 is 0 Å². The van der Waals surface area contributed by atoms with Gasteiger partial charge >= 0.3 is 6.18 Å². The number of ether oxygens (including phenoxy) is 1. The van der Waals surface area contributed by atoms with Gasteiger partial charge in [0.1, 0.15) is 11.0 Å². The first-order valence-corrected chi connectivity index (χ1v) is 6.23. The standard InChI is InChI=1S/C10H18F3NO2S/c1-7(16-8(2)10(11,12)13)6-14-17(15)9(3,4)5/h6-8H,1-5H3/b14-6+/t7-,8+,17-/m1/s1. The Balaban J connectivity index is 4.33. The van der Waals surface area contributed by atoms with Crippen LogP contribution in [0.25, 0.3) is 0 Å². The first kappa shape index (κ1) is 16.6. The normalized spacial score (nSPS) is 19.3. The largest absolute Gasteiger partial charge is 0.414 e. The number of rotatable bonds is 4. The second kappa shape index (κ2) is 5.95. The fourth-order valence-electron chi connectivity index (χ4n) is 0.733. The zero-order valence-corrected chi connectivity index (χ0v) is 11.4. The summed E-state index contributed by atoms with van der Waals surface area (Å²) in [6, 6.07) is 0. The molecule has 0 aliphatic rings. The molecule has 0 aromatic rings. The van der Waals surface area contributed by atoms with E-state index in [1.807, 2.05) is 0 Å². The van der Waals surface area contributed by atoms with Crippen LogP contribution in [0.2, 0.25) is 0 Å². The molecule has 0 heterocycles. The van der Waals surface area contributed by atoms with Gasteiger partial charge in [-0.3, -0.25) is 0 Å². The van der Waals surface area contributed by atoms with Crippen LogP contribution in [-0.4, -0.2) is 33.6 Å². The van der Waals surface area contributed by atoms with Crippen molar-refractivity contribution in [2.45, 2.75) is 57.7 Å². The maximum atomic E-state index is 12.2. The molecule has 0 spiro atoms. The lowest BCUT2D eigenvalue weighted by Gasteiger charge is -2.19. The lowest BCUT2D eigenvalue weighted by atomic mass is 10.3. The molecule has 0 bridgehead atoms. The number of hydrogen-bond acceptors (Lipinski definition) is 2. The summed E-state index contributed by atoms with van der Waals surface area (Å²) < 4.78 is 55.8. The van der Waals surface area contributed by atoms with E-state index in [0.29, 0.717) is 0 Å². The molecular weight excluding hydrogens is 255 g/mol. The Labute approximate surface area is 102 Å². The molecule has 0 amide bonds. The van der Waals surface area contributed by atoms with Crippen LogP contribution in [0.1, 0.15) is 34.6 Å². The molecule has 3 atom stereocenters. The van der Waals surface area contributed by atoms with Crippen LogP contribution >= 0.6 is 0 Å². The van der Waals surface area contributed by atoms with E-state index in [1.165, 1.54) is 6.92 Å². The van der Waals surface area contributed by atoms with Crippen LogP contribution in [0, 0.1) is 0 Å². The summed E-state index contributed by atoms with van der Waals surface area (Å²) in [7, 11) is -1.49. The summed E-state index contributed by atoms with van der Waals surface area (Å²) in [5.41, 5.74) is 0. The van der Waals surface area contributed by atoms with Gasteiger partial charge < -0.3 is 4.74 Å². The Kier molecular flexibility index (Phi) is 5.80. The molecule has 17 heavy (non-hydrogen) atoms. The predicted molar refractivity (Wildman–Crippen MR) is 62.5 cm³/mol.